The van der Waals surface area contributed by atoms with Crippen molar-refractivity contribution in [2.75, 3.05) is 0 Å². The molecular weight excluding hydrogens is 277 g/mol. The number of carbonyl (C=O) groups excluding carboxylic acids is 1. The summed E-state index contributed by atoms with van der Waals surface area (Å²) in [7, 11) is 0. The van der Waals surface area contributed by atoms with E-state index in [1.54, 1.807) is 49.4 Å². The Labute approximate surface area is 123 Å². The van der Waals surface area contributed by atoms with Crippen molar-refractivity contribution < 1.29 is 18.0 Å². The second-order valence-electron chi connectivity index (χ2n) is 4.96. The summed E-state index contributed by atoms with van der Waals surface area (Å²) >= 11 is 0. The van der Waals surface area contributed by atoms with E-state index in [4.69, 9.17) is 0 Å². The van der Waals surface area contributed by atoms with Crippen LogP contribution in [-0.2, 0) is 11.2 Å². The number of alkyl halides is 3. The topological polar surface area (TPSA) is 17.1 Å². The molecule has 0 radical (unpaired) electrons. The first-order valence-corrected chi connectivity index (χ1v) is 6.73. The van der Waals surface area contributed by atoms with E-state index in [-0.39, 0.29) is 12.8 Å². The second kappa shape index (κ2) is 7.25. The Morgan fingerprint density at radius 1 is 1.14 bits per heavy atom. The van der Waals surface area contributed by atoms with Gasteiger partial charge in [-0.1, -0.05) is 54.6 Å². The molecule has 21 heavy (non-hydrogen) atoms. The van der Waals surface area contributed by atoms with Crippen LogP contribution < -0.4 is 0 Å². The minimum atomic E-state index is -4.59. The van der Waals surface area contributed by atoms with Gasteiger partial charge in [0.05, 0.1) is 0 Å². The maximum Gasteiger partial charge on any atom is 0.401 e. The van der Waals surface area contributed by atoms with Gasteiger partial charge in [-0.2, -0.15) is 13.2 Å². The van der Waals surface area contributed by atoms with Crippen LogP contribution in [0.15, 0.2) is 54.6 Å². The molecule has 0 aliphatic heterocycles. The van der Waals surface area contributed by atoms with Crippen molar-refractivity contribution in [1.29, 1.82) is 0 Å². The van der Waals surface area contributed by atoms with Gasteiger partial charge < -0.3 is 0 Å². The van der Waals surface area contributed by atoms with Gasteiger partial charge in [0, 0.05) is 0 Å². The number of Topliss-reactive ketones (excluding diaryl/α,β-unsaturated/α-hetero) is 1. The van der Waals surface area contributed by atoms with Gasteiger partial charge in [0.15, 0.2) is 0 Å². The van der Waals surface area contributed by atoms with Gasteiger partial charge in [-0.3, -0.25) is 4.79 Å². The maximum absolute atomic E-state index is 13.5. The summed E-state index contributed by atoms with van der Waals surface area (Å²) in [6, 6.07) is 8.30. The molecule has 0 amide bonds. The monoisotopic (exact) mass is 296 g/mol. The zero-order valence-electron chi connectivity index (χ0n) is 12.2. The summed E-state index contributed by atoms with van der Waals surface area (Å²) in [6.07, 6.45) is 1.01. The molecule has 1 aromatic carbocycles. The Morgan fingerprint density at radius 2 is 1.76 bits per heavy atom. The van der Waals surface area contributed by atoms with Crippen molar-refractivity contribution in [3.05, 3.63) is 60.2 Å². The number of hydrogen-bond acceptors (Lipinski definition) is 1. The molecule has 0 aliphatic rings. The van der Waals surface area contributed by atoms with Crippen molar-refractivity contribution in [3.63, 3.8) is 0 Å². The highest BCUT2D eigenvalue weighted by Crippen LogP contribution is 2.45. The smallest absolute Gasteiger partial charge is 0.299 e. The average molecular weight is 296 g/mol. The molecule has 4 heteroatoms. The van der Waals surface area contributed by atoms with Gasteiger partial charge in [-0.05, 0) is 32.3 Å². The van der Waals surface area contributed by atoms with E-state index in [2.05, 4.69) is 0 Å². The molecule has 0 saturated carbocycles. The SMILES string of the molecule is C/C=C/C=C/CC(Cc1ccccc1)(C(C)=O)C(F)(F)F. The molecule has 1 atom stereocenters. The Balaban J connectivity index is 3.16. The summed E-state index contributed by atoms with van der Waals surface area (Å²) in [5.74, 6) is -0.857. The molecule has 1 rings (SSSR count). The predicted octanol–water partition coefficient (Wildman–Crippen LogP) is 4.89. The van der Waals surface area contributed by atoms with Gasteiger partial charge in [0.2, 0.25) is 0 Å². The summed E-state index contributed by atoms with van der Waals surface area (Å²) in [5, 5.41) is 0. The molecule has 0 spiro atoms. The average Bonchev–Trinajstić information content (AvgIpc) is 2.41. The van der Waals surface area contributed by atoms with E-state index < -0.39 is 17.4 Å². The molecule has 0 saturated heterocycles. The highest BCUT2D eigenvalue weighted by molar-refractivity contribution is 5.84. The molecule has 1 nitrogen and oxygen atoms in total. The van der Waals surface area contributed by atoms with Crippen LogP contribution in [0.4, 0.5) is 13.2 Å². The third kappa shape index (κ3) is 4.31. The minimum absolute atomic E-state index is 0.340. The Hall–Kier alpha value is -1.84. The lowest BCUT2D eigenvalue weighted by Crippen LogP contribution is -2.45. The lowest BCUT2D eigenvalue weighted by atomic mass is 9.74. The third-order valence-electron chi connectivity index (χ3n) is 3.47. The molecule has 0 bridgehead atoms. The van der Waals surface area contributed by atoms with Crippen LogP contribution >= 0.6 is 0 Å². The number of benzene rings is 1. The quantitative estimate of drug-likeness (QED) is 0.683. The molecule has 0 aromatic heterocycles. The number of halogens is 3. The van der Waals surface area contributed by atoms with Gasteiger partial charge in [0.1, 0.15) is 11.2 Å². The highest BCUT2D eigenvalue weighted by atomic mass is 19.4. The number of ketones is 1. The van der Waals surface area contributed by atoms with Crippen LogP contribution in [0.1, 0.15) is 25.8 Å². The zero-order chi connectivity index (χ0) is 15.9. The minimum Gasteiger partial charge on any atom is -0.299 e. The predicted molar refractivity (Wildman–Crippen MR) is 77.9 cm³/mol. The lowest BCUT2D eigenvalue weighted by Gasteiger charge is -2.32. The number of carbonyl (C=O) groups is 1. The van der Waals surface area contributed by atoms with Crippen LogP contribution in [0.5, 0.6) is 0 Å². The first-order valence-electron chi connectivity index (χ1n) is 6.73. The van der Waals surface area contributed by atoms with Gasteiger partial charge in [-0.25, -0.2) is 0 Å². The first-order chi connectivity index (χ1) is 9.83. The standard InChI is InChI=1S/C17H19F3O/c1-3-4-5-9-12-16(14(2)21,17(18,19)20)13-15-10-7-6-8-11-15/h3-11H,12-13H2,1-2H3/b4-3+,9-5+. The fraction of sp³-hybridized carbons (Fsp3) is 0.353. The van der Waals surface area contributed by atoms with Crippen molar-refractivity contribution in [2.45, 2.75) is 32.9 Å². The van der Waals surface area contributed by atoms with E-state index in [1.807, 2.05) is 0 Å². The van der Waals surface area contributed by atoms with Gasteiger partial charge in [-0.15, -0.1) is 0 Å². The number of rotatable bonds is 6. The van der Waals surface area contributed by atoms with Crippen molar-refractivity contribution in [1.82, 2.24) is 0 Å². The summed E-state index contributed by atoms with van der Waals surface area (Å²) < 4.78 is 40.6. The Morgan fingerprint density at radius 3 is 2.24 bits per heavy atom. The van der Waals surface area contributed by atoms with Gasteiger partial charge in [0.25, 0.3) is 0 Å². The summed E-state index contributed by atoms with van der Waals surface area (Å²) in [6.45, 7) is 2.79. The molecular formula is C17H19F3O. The van der Waals surface area contributed by atoms with Crippen molar-refractivity contribution >= 4 is 5.78 Å². The van der Waals surface area contributed by atoms with Crippen LogP contribution in [0.3, 0.4) is 0 Å². The fourth-order valence-corrected chi connectivity index (χ4v) is 2.16. The van der Waals surface area contributed by atoms with Crippen LogP contribution in [0.25, 0.3) is 0 Å². The lowest BCUT2D eigenvalue weighted by molar-refractivity contribution is -0.218. The van der Waals surface area contributed by atoms with Crippen LogP contribution in [0.2, 0.25) is 0 Å². The first kappa shape index (κ1) is 17.2. The van der Waals surface area contributed by atoms with Crippen LogP contribution in [-0.4, -0.2) is 12.0 Å². The molecule has 114 valence electrons. The van der Waals surface area contributed by atoms with Crippen molar-refractivity contribution in [2.24, 2.45) is 5.41 Å². The molecule has 0 fully saturated rings. The number of allylic oxidation sites excluding steroid dienone is 4. The molecule has 0 N–H and O–H groups in total. The fourth-order valence-electron chi connectivity index (χ4n) is 2.16. The highest BCUT2D eigenvalue weighted by Gasteiger charge is 2.57. The third-order valence-corrected chi connectivity index (χ3v) is 3.47. The largest absolute Gasteiger partial charge is 0.401 e. The second-order valence-corrected chi connectivity index (χ2v) is 4.96. The maximum atomic E-state index is 13.5. The summed E-state index contributed by atoms with van der Waals surface area (Å²) in [4.78, 5) is 11.8. The Bertz CT molecular complexity index is 515. The van der Waals surface area contributed by atoms with Crippen LogP contribution in [0, 0.1) is 5.41 Å². The molecule has 1 unspecified atom stereocenters. The molecule has 0 aliphatic carbocycles. The van der Waals surface area contributed by atoms with E-state index in [0.717, 1.165) is 6.92 Å². The van der Waals surface area contributed by atoms with E-state index in [0.29, 0.717) is 5.56 Å². The van der Waals surface area contributed by atoms with Gasteiger partial charge >= 0.3 is 6.18 Å². The Kier molecular flexibility index (Phi) is 5.94. The zero-order valence-corrected chi connectivity index (χ0v) is 12.2. The van der Waals surface area contributed by atoms with E-state index in [1.165, 1.54) is 12.2 Å². The van der Waals surface area contributed by atoms with E-state index >= 15 is 0 Å². The normalized spacial score (nSPS) is 15.5. The summed E-state index contributed by atoms with van der Waals surface area (Å²) in [5.41, 5.74) is -1.86. The van der Waals surface area contributed by atoms with Crippen molar-refractivity contribution in [3.8, 4) is 0 Å². The molecule has 0 heterocycles. The number of hydrogen-bond donors (Lipinski definition) is 0. The molecule has 1 aromatic rings. The van der Waals surface area contributed by atoms with E-state index in [9.17, 15) is 18.0 Å².